The summed E-state index contributed by atoms with van der Waals surface area (Å²) in [6.45, 7) is 11.2. The largest absolute Gasteiger partial charge is 0.460 e. The highest BCUT2D eigenvalue weighted by molar-refractivity contribution is 5.75. The number of rotatable bonds is 4. The Hall–Kier alpha value is -1.51. The summed E-state index contributed by atoms with van der Waals surface area (Å²) in [5, 5.41) is 0. The van der Waals surface area contributed by atoms with Gasteiger partial charge in [0.25, 0.3) is 0 Å². The highest BCUT2D eigenvalue weighted by Crippen LogP contribution is 2.15. The Balaban J connectivity index is 4.10. The summed E-state index contributed by atoms with van der Waals surface area (Å²) in [5.41, 5.74) is 6.46. The molecule has 0 bridgehead atoms. The number of allylic oxidation sites excluding steroid dienone is 2. The van der Waals surface area contributed by atoms with Gasteiger partial charge in [0.2, 0.25) is 0 Å². The lowest BCUT2D eigenvalue weighted by atomic mass is 9.97. The van der Waals surface area contributed by atoms with Crippen LogP contribution in [-0.4, -0.2) is 12.6 Å². The van der Waals surface area contributed by atoms with Crippen molar-refractivity contribution in [2.45, 2.75) is 27.7 Å². The third-order valence-corrected chi connectivity index (χ3v) is 1.85. The third kappa shape index (κ3) is 6.06. The van der Waals surface area contributed by atoms with Crippen LogP contribution in [0.2, 0.25) is 0 Å². The average molecular weight is 223 g/mol. The maximum Gasteiger partial charge on any atom is 0.311 e. The maximum atomic E-state index is 11.4. The van der Waals surface area contributed by atoms with Gasteiger partial charge in [-0.25, -0.2) is 0 Å². The molecule has 0 saturated heterocycles. The van der Waals surface area contributed by atoms with E-state index in [2.05, 4.69) is 6.58 Å². The zero-order valence-corrected chi connectivity index (χ0v) is 10.5. The van der Waals surface area contributed by atoms with Crippen LogP contribution in [0.4, 0.5) is 0 Å². The molecule has 0 unspecified atom stereocenters. The van der Waals surface area contributed by atoms with Crippen LogP contribution in [-0.2, 0) is 9.53 Å². The second-order valence-electron chi connectivity index (χ2n) is 4.61. The molecular weight excluding hydrogens is 202 g/mol. The van der Waals surface area contributed by atoms with Gasteiger partial charge < -0.3 is 10.5 Å². The Labute approximate surface area is 97.7 Å². The molecule has 0 aliphatic carbocycles. The predicted molar refractivity (Wildman–Crippen MR) is 66.6 cm³/mol. The molecule has 3 nitrogen and oxygen atoms in total. The summed E-state index contributed by atoms with van der Waals surface area (Å²) < 4.78 is 5.08. The van der Waals surface area contributed by atoms with E-state index in [4.69, 9.17) is 10.5 Å². The Morgan fingerprint density at radius 1 is 1.38 bits per heavy atom. The van der Waals surface area contributed by atoms with Crippen LogP contribution < -0.4 is 5.73 Å². The van der Waals surface area contributed by atoms with Gasteiger partial charge in [-0.15, -0.1) is 0 Å². The molecule has 0 radical (unpaired) electrons. The molecule has 0 aromatic rings. The summed E-state index contributed by atoms with van der Waals surface area (Å²) in [4.78, 5) is 11.4. The van der Waals surface area contributed by atoms with Crippen molar-refractivity contribution >= 4 is 5.97 Å². The second kappa shape index (κ2) is 6.16. The van der Waals surface area contributed by atoms with E-state index >= 15 is 0 Å². The fourth-order valence-electron chi connectivity index (χ4n) is 0.733. The van der Waals surface area contributed by atoms with Crippen molar-refractivity contribution in [2.75, 3.05) is 6.61 Å². The average Bonchev–Trinajstić information content (AvgIpc) is 2.20. The zero-order chi connectivity index (χ0) is 12.8. The number of esters is 1. The number of hydrogen-bond donors (Lipinski definition) is 1. The minimum atomic E-state index is -0.480. The van der Waals surface area contributed by atoms with E-state index in [-0.39, 0.29) is 12.6 Å². The number of hydrogen-bond acceptors (Lipinski definition) is 3. The molecule has 0 saturated carbocycles. The lowest BCUT2D eigenvalue weighted by molar-refractivity contribution is -0.151. The van der Waals surface area contributed by atoms with E-state index in [1.807, 2.05) is 27.7 Å². The van der Waals surface area contributed by atoms with Crippen LogP contribution in [0.5, 0.6) is 0 Å². The molecule has 0 aromatic heterocycles. The topological polar surface area (TPSA) is 52.3 Å². The molecule has 0 heterocycles. The lowest BCUT2D eigenvalue weighted by Gasteiger charge is -2.16. The predicted octanol–water partition coefficient (Wildman–Crippen LogP) is 2.55. The Morgan fingerprint density at radius 2 is 1.94 bits per heavy atom. The molecule has 16 heavy (non-hydrogen) atoms. The molecule has 0 atom stereocenters. The van der Waals surface area contributed by atoms with Crippen LogP contribution in [0.3, 0.4) is 0 Å². The van der Waals surface area contributed by atoms with Gasteiger partial charge in [0.15, 0.2) is 0 Å². The summed E-state index contributed by atoms with van der Waals surface area (Å²) in [5.74, 6) is -0.235. The van der Waals surface area contributed by atoms with Gasteiger partial charge in [0.1, 0.15) is 6.61 Å². The van der Waals surface area contributed by atoms with E-state index < -0.39 is 5.41 Å². The zero-order valence-electron chi connectivity index (χ0n) is 10.5. The van der Waals surface area contributed by atoms with Crippen LogP contribution in [0, 0.1) is 5.41 Å². The maximum absolute atomic E-state index is 11.4. The van der Waals surface area contributed by atoms with Crippen molar-refractivity contribution in [3.05, 3.63) is 36.1 Å². The molecule has 0 rings (SSSR count). The molecular formula is C13H21NO2. The van der Waals surface area contributed by atoms with Crippen molar-refractivity contribution in [1.82, 2.24) is 0 Å². The summed E-state index contributed by atoms with van der Waals surface area (Å²) >= 11 is 0. The Kier molecular flexibility index (Phi) is 5.57. The van der Waals surface area contributed by atoms with Crippen molar-refractivity contribution < 1.29 is 9.53 Å². The van der Waals surface area contributed by atoms with Gasteiger partial charge in [-0.3, -0.25) is 4.79 Å². The van der Waals surface area contributed by atoms with Crippen LogP contribution in [0.25, 0.3) is 0 Å². The van der Waals surface area contributed by atoms with E-state index in [1.54, 1.807) is 18.2 Å². The molecule has 90 valence electrons. The van der Waals surface area contributed by atoms with Gasteiger partial charge in [-0.05, 0) is 39.3 Å². The van der Waals surface area contributed by atoms with Crippen molar-refractivity contribution in [1.29, 1.82) is 0 Å². The van der Waals surface area contributed by atoms with Crippen LogP contribution >= 0.6 is 0 Å². The first-order valence-corrected chi connectivity index (χ1v) is 5.22. The van der Waals surface area contributed by atoms with E-state index in [0.29, 0.717) is 11.3 Å². The van der Waals surface area contributed by atoms with Gasteiger partial charge in [-0.2, -0.15) is 0 Å². The first-order valence-electron chi connectivity index (χ1n) is 5.22. The van der Waals surface area contributed by atoms with Gasteiger partial charge >= 0.3 is 5.97 Å². The first kappa shape index (κ1) is 14.5. The van der Waals surface area contributed by atoms with E-state index in [0.717, 1.165) is 0 Å². The second-order valence-corrected chi connectivity index (χ2v) is 4.61. The third-order valence-electron chi connectivity index (χ3n) is 1.85. The van der Waals surface area contributed by atoms with Gasteiger partial charge in [0.05, 0.1) is 5.41 Å². The first-order chi connectivity index (χ1) is 7.27. The molecule has 0 fully saturated rings. The molecule has 2 N–H and O–H groups in total. The normalized spacial score (nSPS) is 12.9. The molecule has 0 aliphatic rings. The highest BCUT2D eigenvalue weighted by atomic mass is 16.5. The fraction of sp³-hybridized carbons (Fsp3) is 0.462. The Bertz CT molecular complexity index is 319. The number of ether oxygens (including phenoxy) is 1. The smallest absolute Gasteiger partial charge is 0.311 e. The summed E-state index contributed by atoms with van der Waals surface area (Å²) in [6.07, 6.45) is 5.25. The lowest BCUT2D eigenvalue weighted by Crippen LogP contribution is -2.23. The molecule has 0 aromatic carbocycles. The van der Waals surface area contributed by atoms with Gasteiger partial charge in [-0.1, -0.05) is 18.7 Å². The van der Waals surface area contributed by atoms with Crippen LogP contribution in [0.15, 0.2) is 36.1 Å². The summed E-state index contributed by atoms with van der Waals surface area (Å²) in [6, 6.07) is 0. The van der Waals surface area contributed by atoms with E-state index in [9.17, 15) is 4.79 Å². The van der Waals surface area contributed by atoms with Crippen molar-refractivity contribution in [3.63, 3.8) is 0 Å². The van der Waals surface area contributed by atoms with E-state index in [1.165, 1.54) is 0 Å². The minimum Gasteiger partial charge on any atom is -0.460 e. The van der Waals surface area contributed by atoms with Crippen molar-refractivity contribution in [2.24, 2.45) is 11.1 Å². The van der Waals surface area contributed by atoms with Crippen LogP contribution in [0.1, 0.15) is 27.7 Å². The minimum absolute atomic E-state index is 0.198. The number of carbonyl (C=O) groups is 1. The molecule has 0 amide bonds. The summed E-state index contributed by atoms with van der Waals surface area (Å²) in [7, 11) is 0. The number of carbonyl (C=O) groups excluding carboxylic acids is 1. The molecule has 3 heteroatoms. The molecule has 0 spiro atoms. The highest BCUT2D eigenvalue weighted by Gasteiger charge is 2.22. The Morgan fingerprint density at radius 3 is 2.38 bits per heavy atom. The SMILES string of the molecule is C=C(/C=C\C(N)=C/C)COC(=O)C(C)(C)C. The fourth-order valence-corrected chi connectivity index (χ4v) is 0.733. The standard InChI is InChI=1S/C13H21NO2/c1-6-11(14)8-7-10(2)9-16-12(15)13(3,4)5/h6-8H,2,9,14H2,1,3-5H3/b8-7-,11-6+. The quantitative estimate of drug-likeness (QED) is 0.588. The van der Waals surface area contributed by atoms with Gasteiger partial charge in [0, 0.05) is 5.70 Å². The monoisotopic (exact) mass is 223 g/mol. The van der Waals surface area contributed by atoms with Crippen molar-refractivity contribution in [3.8, 4) is 0 Å². The number of nitrogens with two attached hydrogens (primary N) is 1. The molecule has 0 aliphatic heterocycles.